The van der Waals surface area contributed by atoms with Crippen molar-refractivity contribution in [3.05, 3.63) is 35.8 Å². The van der Waals surface area contributed by atoms with Crippen LogP contribution in [0.25, 0.3) is 0 Å². The molecule has 0 aromatic heterocycles. The maximum Gasteiger partial charge on any atom is 0.134 e. The van der Waals surface area contributed by atoms with Crippen LogP contribution in [0.1, 0.15) is 0 Å². The molecule has 0 radical (unpaired) electrons. The van der Waals surface area contributed by atoms with E-state index in [0.717, 1.165) is 0 Å². The van der Waals surface area contributed by atoms with Crippen LogP contribution in [-0.4, -0.2) is 0 Å². The first-order chi connectivity index (χ1) is 4.04. The second-order valence-electron chi connectivity index (χ2n) is 1.47. The third-order valence-electron chi connectivity index (χ3n) is 0.571. The van der Waals surface area contributed by atoms with Crippen molar-refractivity contribution in [2.75, 3.05) is 0 Å². The Labute approximate surface area is 58.3 Å². The molecule has 0 aliphatic carbocycles. The van der Waals surface area contributed by atoms with Crippen molar-refractivity contribution in [3.63, 3.8) is 0 Å². The van der Waals surface area contributed by atoms with E-state index in [-0.39, 0.29) is 10.7 Å². The van der Waals surface area contributed by atoms with E-state index >= 15 is 0 Å². The summed E-state index contributed by atoms with van der Waals surface area (Å²) in [7, 11) is 0. The van der Waals surface area contributed by atoms with Crippen LogP contribution in [0, 0.1) is 0 Å². The van der Waals surface area contributed by atoms with Crippen molar-refractivity contribution in [1.82, 2.24) is 0 Å². The molecule has 50 valence electrons. The summed E-state index contributed by atoms with van der Waals surface area (Å²) in [4.78, 5) is 0. The molecule has 0 aliphatic heterocycles. The Morgan fingerprint density at radius 3 is 2.11 bits per heavy atom. The lowest BCUT2D eigenvalue weighted by Crippen LogP contribution is -1.89. The van der Waals surface area contributed by atoms with Crippen molar-refractivity contribution in [2.24, 2.45) is 5.73 Å². The Hall–Kier alpha value is -0.760. The average Bonchev–Trinajstić information content (AvgIpc) is 1.63. The fourth-order valence-corrected chi connectivity index (χ4v) is 0.381. The summed E-state index contributed by atoms with van der Waals surface area (Å²) in [6.45, 7) is 6.23. The molecule has 9 heavy (non-hydrogen) atoms. The van der Waals surface area contributed by atoms with Crippen LogP contribution in [0.15, 0.2) is 35.8 Å². The van der Waals surface area contributed by atoms with Gasteiger partial charge in [0.1, 0.15) is 5.83 Å². The molecule has 0 amide bonds. The molecule has 1 nitrogen and oxygen atoms in total. The zero-order chi connectivity index (χ0) is 7.44. The molecule has 0 heterocycles. The van der Waals surface area contributed by atoms with Gasteiger partial charge in [-0.3, -0.25) is 0 Å². The molecule has 0 spiro atoms. The standard InChI is InChI=1S/C6H7ClFN/c1-4(9)3-6(7)5(2)8/h3H,1-2,9H2/b6-3+. The van der Waals surface area contributed by atoms with E-state index in [2.05, 4.69) is 13.2 Å². The lowest BCUT2D eigenvalue weighted by Gasteiger charge is -1.90. The number of halogens is 2. The SMILES string of the molecule is C=C(N)/C=C(/Cl)C(=C)F. The van der Waals surface area contributed by atoms with Gasteiger partial charge in [-0.15, -0.1) is 0 Å². The molecule has 0 unspecified atom stereocenters. The fourth-order valence-electron chi connectivity index (χ4n) is 0.241. The zero-order valence-corrected chi connectivity index (χ0v) is 5.58. The molecule has 0 rings (SSSR count). The highest BCUT2D eigenvalue weighted by Crippen LogP contribution is 2.13. The Balaban J connectivity index is 4.17. The first-order valence-electron chi connectivity index (χ1n) is 2.20. The van der Waals surface area contributed by atoms with Gasteiger partial charge < -0.3 is 5.73 Å². The topological polar surface area (TPSA) is 26.0 Å². The molecule has 0 fully saturated rings. The number of nitrogens with two attached hydrogens (primary N) is 1. The van der Waals surface area contributed by atoms with E-state index in [0.29, 0.717) is 0 Å². The molecule has 0 saturated carbocycles. The smallest absolute Gasteiger partial charge is 0.134 e. The van der Waals surface area contributed by atoms with E-state index < -0.39 is 5.83 Å². The minimum atomic E-state index is -0.705. The summed E-state index contributed by atoms with van der Waals surface area (Å²) in [5.41, 5.74) is 5.28. The quantitative estimate of drug-likeness (QED) is 0.595. The van der Waals surface area contributed by atoms with Crippen molar-refractivity contribution >= 4 is 11.6 Å². The Kier molecular flexibility index (Phi) is 3.02. The minimum absolute atomic E-state index is 0.109. The van der Waals surface area contributed by atoms with Crippen LogP contribution in [0.2, 0.25) is 0 Å². The highest BCUT2D eigenvalue weighted by Gasteiger charge is 1.94. The van der Waals surface area contributed by atoms with Crippen molar-refractivity contribution in [3.8, 4) is 0 Å². The number of hydrogen-bond donors (Lipinski definition) is 1. The summed E-state index contributed by atoms with van der Waals surface area (Å²) in [5.74, 6) is -0.705. The normalized spacial score (nSPS) is 11.1. The molecule has 0 saturated heterocycles. The van der Waals surface area contributed by atoms with Gasteiger partial charge in [0.05, 0.1) is 5.03 Å². The molecule has 0 bridgehead atoms. The van der Waals surface area contributed by atoms with Gasteiger partial charge in [0, 0.05) is 5.70 Å². The van der Waals surface area contributed by atoms with E-state index in [1.807, 2.05) is 0 Å². The predicted octanol–water partition coefficient (Wildman–Crippen LogP) is 2.06. The second-order valence-corrected chi connectivity index (χ2v) is 1.88. The second kappa shape index (κ2) is 3.30. The molecule has 0 atom stereocenters. The predicted molar refractivity (Wildman–Crippen MR) is 37.5 cm³/mol. The van der Waals surface area contributed by atoms with Gasteiger partial charge in [-0.25, -0.2) is 4.39 Å². The van der Waals surface area contributed by atoms with Gasteiger partial charge in [-0.2, -0.15) is 0 Å². The molecule has 3 heteroatoms. The molecular formula is C6H7ClFN. The Morgan fingerprint density at radius 2 is 2.00 bits per heavy atom. The van der Waals surface area contributed by atoms with Crippen molar-refractivity contribution in [1.29, 1.82) is 0 Å². The monoisotopic (exact) mass is 147 g/mol. The van der Waals surface area contributed by atoms with Gasteiger partial charge in [-0.1, -0.05) is 24.8 Å². The van der Waals surface area contributed by atoms with Crippen LogP contribution in [0.4, 0.5) is 4.39 Å². The maximum atomic E-state index is 12.0. The molecule has 2 N–H and O–H groups in total. The van der Waals surface area contributed by atoms with Crippen LogP contribution in [-0.2, 0) is 0 Å². The molecular weight excluding hydrogens is 141 g/mol. The van der Waals surface area contributed by atoms with E-state index in [1.54, 1.807) is 0 Å². The number of allylic oxidation sites excluding steroid dienone is 3. The summed E-state index contributed by atoms with van der Waals surface area (Å²) in [5, 5.41) is -0.109. The van der Waals surface area contributed by atoms with Crippen molar-refractivity contribution in [2.45, 2.75) is 0 Å². The van der Waals surface area contributed by atoms with Crippen LogP contribution in [0.3, 0.4) is 0 Å². The lowest BCUT2D eigenvalue weighted by molar-refractivity contribution is 0.666. The summed E-state index contributed by atoms with van der Waals surface area (Å²) in [6.07, 6.45) is 1.20. The first-order valence-corrected chi connectivity index (χ1v) is 2.58. The first kappa shape index (κ1) is 8.24. The highest BCUT2D eigenvalue weighted by molar-refractivity contribution is 6.31. The van der Waals surface area contributed by atoms with E-state index in [4.69, 9.17) is 17.3 Å². The van der Waals surface area contributed by atoms with Gasteiger partial charge in [0.15, 0.2) is 0 Å². The maximum absolute atomic E-state index is 12.0. The van der Waals surface area contributed by atoms with Gasteiger partial charge >= 0.3 is 0 Å². The number of rotatable bonds is 2. The Morgan fingerprint density at radius 1 is 1.56 bits per heavy atom. The lowest BCUT2D eigenvalue weighted by atomic mass is 10.4. The van der Waals surface area contributed by atoms with Crippen molar-refractivity contribution < 1.29 is 4.39 Å². The van der Waals surface area contributed by atoms with E-state index in [9.17, 15) is 4.39 Å². The van der Waals surface area contributed by atoms with Gasteiger partial charge in [0.25, 0.3) is 0 Å². The van der Waals surface area contributed by atoms with Crippen LogP contribution < -0.4 is 5.73 Å². The fraction of sp³-hybridized carbons (Fsp3) is 0. The zero-order valence-electron chi connectivity index (χ0n) is 4.82. The van der Waals surface area contributed by atoms with Gasteiger partial charge in [0.2, 0.25) is 0 Å². The molecule has 0 aromatic carbocycles. The third kappa shape index (κ3) is 3.79. The summed E-state index contributed by atoms with van der Waals surface area (Å²) >= 11 is 5.26. The van der Waals surface area contributed by atoms with E-state index in [1.165, 1.54) is 6.08 Å². The minimum Gasteiger partial charge on any atom is -0.399 e. The molecule has 0 aliphatic rings. The van der Waals surface area contributed by atoms with Gasteiger partial charge in [-0.05, 0) is 6.08 Å². The molecule has 0 aromatic rings. The van der Waals surface area contributed by atoms with Crippen LogP contribution >= 0.6 is 11.6 Å². The van der Waals surface area contributed by atoms with Crippen LogP contribution in [0.5, 0.6) is 0 Å². The number of hydrogen-bond acceptors (Lipinski definition) is 1. The third-order valence-corrected chi connectivity index (χ3v) is 0.885. The summed E-state index contributed by atoms with van der Waals surface area (Å²) in [6, 6.07) is 0. The highest BCUT2D eigenvalue weighted by atomic mass is 35.5. The average molecular weight is 148 g/mol. The summed E-state index contributed by atoms with van der Waals surface area (Å²) < 4.78 is 12.0. The largest absolute Gasteiger partial charge is 0.399 e. The Bertz CT molecular complexity index is 172.